The van der Waals surface area contributed by atoms with E-state index in [4.69, 9.17) is 15.3 Å². The molecule has 0 spiro atoms. The lowest BCUT2D eigenvalue weighted by atomic mass is 10.1. The van der Waals surface area contributed by atoms with Gasteiger partial charge in [-0.3, -0.25) is 14.4 Å². The number of rotatable bonds is 19. The molecular formula is C75H81FN12O9. The van der Waals surface area contributed by atoms with Crippen LogP contribution >= 0.6 is 0 Å². The molecule has 12 rings (SSSR count). The minimum atomic E-state index is -1.000. The zero-order chi connectivity index (χ0) is 69.7. The summed E-state index contributed by atoms with van der Waals surface area (Å²) in [4.78, 5) is 79.5. The normalized spacial score (nSPS) is 15.2. The molecular weight excluding hydrogens is 1230 g/mol. The second kappa shape index (κ2) is 29.2. The number of carboxylic acids is 3. The number of benzene rings is 6. The highest BCUT2D eigenvalue weighted by atomic mass is 19.1. The van der Waals surface area contributed by atoms with E-state index in [0.717, 1.165) is 57.3 Å². The van der Waals surface area contributed by atoms with Crippen LogP contribution in [0.1, 0.15) is 187 Å². The Morgan fingerprint density at radius 2 is 0.825 bits per heavy atom. The number of nitrogens with one attached hydrogen (secondary N) is 3. The third-order valence-corrected chi connectivity index (χ3v) is 17.6. The van der Waals surface area contributed by atoms with Crippen LogP contribution in [0.2, 0.25) is 0 Å². The molecule has 502 valence electrons. The SMILES string of the molecule is C=C1CN(Cc2cccc(C)c2)c2c(C(=O)N[C@@H](C)c3ccc(C(=O)O)cc3)c(C)nn21.Cc1cccc(CN2CC(C)n3nc(C)c(C(=O)N[C@@H](C)c4ccc(C(=O)O)cc4)c32)c1.Cc1cccc(CN2C[C@@H](CF)n3nc(C)c(C(=O)N[C@@H](C)c4ccc(C(=O)O)cc4)c32)c1. The Hall–Kier alpha value is -11.2. The molecule has 6 N–H and O–H groups in total. The molecule has 22 heteroatoms. The summed E-state index contributed by atoms with van der Waals surface area (Å²) in [6, 6.07) is 43.1. The molecule has 9 aromatic rings. The predicted octanol–water partition coefficient (Wildman–Crippen LogP) is 12.7. The Bertz CT molecular complexity index is 4460. The molecule has 0 radical (unpaired) electrons. The van der Waals surface area contributed by atoms with E-state index >= 15 is 0 Å². The number of aromatic carboxylic acids is 3. The van der Waals surface area contributed by atoms with Crippen LogP contribution in [0, 0.1) is 41.5 Å². The highest BCUT2D eigenvalue weighted by molar-refractivity contribution is 6.03. The van der Waals surface area contributed by atoms with Crippen LogP contribution < -0.4 is 30.7 Å². The van der Waals surface area contributed by atoms with Crippen LogP contribution in [0.5, 0.6) is 0 Å². The molecule has 6 aromatic carbocycles. The predicted molar refractivity (Wildman–Crippen MR) is 370 cm³/mol. The van der Waals surface area contributed by atoms with E-state index in [0.29, 0.717) is 72.3 Å². The van der Waals surface area contributed by atoms with Crippen LogP contribution in [0.15, 0.2) is 152 Å². The van der Waals surface area contributed by atoms with Gasteiger partial charge in [-0.05, 0) is 139 Å². The lowest BCUT2D eigenvalue weighted by Gasteiger charge is -2.21. The highest BCUT2D eigenvalue weighted by Gasteiger charge is 2.38. The lowest BCUT2D eigenvalue weighted by Crippen LogP contribution is -2.30. The monoisotopic (exact) mass is 1310 g/mol. The average molecular weight is 1310 g/mol. The first-order valence-corrected chi connectivity index (χ1v) is 32.1. The van der Waals surface area contributed by atoms with E-state index in [1.807, 2.05) is 75.4 Å². The molecule has 1 unspecified atom stereocenters. The number of hydrogen-bond acceptors (Lipinski definition) is 12. The van der Waals surface area contributed by atoms with Crippen molar-refractivity contribution in [1.82, 2.24) is 45.3 Å². The number of hydrogen-bond donors (Lipinski definition) is 6. The van der Waals surface area contributed by atoms with Gasteiger partial charge in [0.15, 0.2) is 0 Å². The molecule has 0 saturated heterocycles. The summed E-state index contributed by atoms with van der Waals surface area (Å²) in [5.74, 6) is -1.41. The number of carbonyl (C=O) groups is 6. The molecule has 6 heterocycles. The van der Waals surface area contributed by atoms with Gasteiger partial charge in [-0.25, -0.2) is 32.8 Å². The molecule has 0 fully saturated rings. The molecule has 0 saturated carbocycles. The molecule has 21 nitrogen and oxygen atoms in total. The third kappa shape index (κ3) is 15.3. The van der Waals surface area contributed by atoms with Gasteiger partial charge < -0.3 is 46.0 Å². The van der Waals surface area contributed by atoms with Gasteiger partial charge in [-0.2, -0.15) is 15.3 Å². The summed E-state index contributed by atoms with van der Waals surface area (Å²) in [5.41, 5.74) is 14.3. The molecule has 3 aliphatic rings. The number of aromatic nitrogens is 6. The van der Waals surface area contributed by atoms with Crippen molar-refractivity contribution >= 4 is 58.8 Å². The van der Waals surface area contributed by atoms with Crippen molar-refractivity contribution in [2.45, 2.75) is 119 Å². The van der Waals surface area contributed by atoms with E-state index in [1.165, 1.54) is 41.0 Å². The zero-order valence-corrected chi connectivity index (χ0v) is 56.1. The molecule has 0 aliphatic carbocycles. The Labute approximate surface area is 562 Å². The number of fused-ring (bicyclic) bond motifs is 3. The number of anilines is 3. The van der Waals surface area contributed by atoms with Crippen molar-refractivity contribution in [2.24, 2.45) is 0 Å². The van der Waals surface area contributed by atoms with Crippen LogP contribution in [-0.2, 0) is 19.6 Å². The molecule has 97 heavy (non-hydrogen) atoms. The first kappa shape index (κ1) is 68.7. The smallest absolute Gasteiger partial charge is 0.335 e. The summed E-state index contributed by atoms with van der Waals surface area (Å²) in [7, 11) is 0. The number of amides is 3. The topological polar surface area (TPSA) is 262 Å². The Morgan fingerprint density at radius 1 is 0.485 bits per heavy atom. The zero-order valence-electron chi connectivity index (χ0n) is 56.1. The van der Waals surface area contributed by atoms with Gasteiger partial charge in [0.2, 0.25) is 0 Å². The number of halogens is 1. The number of carbonyl (C=O) groups excluding carboxylic acids is 3. The first-order valence-electron chi connectivity index (χ1n) is 32.1. The number of carboxylic acid groups (broad SMARTS) is 3. The van der Waals surface area contributed by atoms with Gasteiger partial charge in [-0.15, -0.1) is 0 Å². The van der Waals surface area contributed by atoms with E-state index < -0.39 is 30.6 Å². The minimum Gasteiger partial charge on any atom is -0.478 e. The van der Waals surface area contributed by atoms with Crippen molar-refractivity contribution in [3.05, 3.63) is 253 Å². The fourth-order valence-electron chi connectivity index (χ4n) is 12.7. The summed E-state index contributed by atoms with van der Waals surface area (Å²) in [6.07, 6.45) is 0. The maximum Gasteiger partial charge on any atom is 0.335 e. The van der Waals surface area contributed by atoms with Crippen LogP contribution in [-0.4, -0.2) is 107 Å². The van der Waals surface area contributed by atoms with Gasteiger partial charge in [0.05, 0.1) is 70.2 Å². The number of alkyl halides is 1. The second-order valence-corrected chi connectivity index (χ2v) is 25.3. The van der Waals surface area contributed by atoms with Crippen LogP contribution in [0.3, 0.4) is 0 Å². The van der Waals surface area contributed by atoms with Crippen LogP contribution in [0.4, 0.5) is 21.8 Å². The number of nitrogens with zero attached hydrogens (tertiary/aromatic N) is 9. The van der Waals surface area contributed by atoms with Gasteiger partial charge in [-0.1, -0.05) is 132 Å². The fourth-order valence-corrected chi connectivity index (χ4v) is 12.7. The van der Waals surface area contributed by atoms with Gasteiger partial charge in [0, 0.05) is 32.7 Å². The first-order chi connectivity index (χ1) is 46.3. The maximum atomic E-state index is 13.8. The minimum absolute atomic E-state index is 0.177. The quantitative estimate of drug-likeness (QED) is 0.0440. The standard InChI is InChI=1S/C25H27FN4O3.C25H28N4O3.C25H26N4O3/c1-15-5-4-6-18(11-15)13-29-14-21(12-26)30-24(29)22(17(3)28-30)23(31)27-16(2)19-7-9-20(10-8-19)25(32)33;2*1-15-6-5-7-19(12-15)14-28-13-16(2)29-24(28)22(18(4)27-29)23(30)26-17(3)20-8-10-21(11-9-20)25(31)32/h4-11,16,21H,12-14H2,1-3H3,(H,27,31)(H,32,33);5-12,16-17H,13-14H2,1-4H3,(H,26,30)(H,31,32);5-12,17H,2,13-14H2,1,3-4H3,(H,26,30)(H,31,32)/t16-,21+;16?,17-;17-/m000/s1. The van der Waals surface area contributed by atoms with Gasteiger partial charge >= 0.3 is 17.9 Å². The average Bonchev–Trinajstić information content (AvgIpc) is 1.62. The summed E-state index contributed by atoms with van der Waals surface area (Å²) < 4.78 is 19.1. The number of aryl methyl sites for hydroxylation is 6. The fraction of sp³-hybridized carbons (Fsp3) is 0.293. The van der Waals surface area contributed by atoms with Crippen molar-refractivity contribution in [2.75, 3.05) is 41.0 Å². The van der Waals surface area contributed by atoms with E-state index in [1.54, 1.807) is 64.8 Å². The Kier molecular flexibility index (Phi) is 20.7. The van der Waals surface area contributed by atoms with Gasteiger partial charge in [0.1, 0.15) is 46.9 Å². The molecule has 3 amide bonds. The van der Waals surface area contributed by atoms with Crippen molar-refractivity contribution in [1.29, 1.82) is 0 Å². The Morgan fingerprint density at radius 3 is 1.20 bits per heavy atom. The maximum absolute atomic E-state index is 13.8. The van der Waals surface area contributed by atoms with Crippen molar-refractivity contribution in [3.63, 3.8) is 0 Å². The molecule has 3 aromatic heterocycles. The van der Waals surface area contributed by atoms with Crippen molar-refractivity contribution in [3.8, 4) is 0 Å². The van der Waals surface area contributed by atoms with E-state index in [9.17, 15) is 33.2 Å². The molecule has 0 bridgehead atoms. The molecule has 5 atom stereocenters. The highest BCUT2D eigenvalue weighted by Crippen LogP contribution is 2.39. The van der Waals surface area contributed by atoms with Gasteiger partial charge in [0.25, 0.3) is 17.7 Å². The Balaban J connectivity index is 0.000000158. The third-order valence-electron chi connectivity index (χ3n) is 17.6. The second-order valence-electron chi connectivity index (χ2n) is 25.3. The van der Waals surface area contributed by atoms with Crippen molar-refractivity contribution < 1.29 is 48.5 Å². The summed E-state index contributed by atoms with van der Waals surface area (Å²) >= 11 is 0. The summed E-state index contributed by atoms with van der Waals surface area (Å²) in [6.45, 7) is 26.6. The summed E-state index contributed by atoms with van der Waals surface area (Å²) in [5, 5.41) is 50.0. The lowest BCUT2D eigenvalue weighted by molar-refractivity contribution is 0.0686. The van der Waals surface area contributed by atoms with E-state index in [-0.39, 0.29) is 58.6 Å². The molecule has 3 aliphatic heterocycles. The van der Waals surface area contributed by atoms with E-state index in [2.05, 4.69) is 117 Å². The largest absolute Gasteiger partial charge is 0.478 e. The van der Waals surface area contributed by atoms with Crippen LogP contribution in [0.25, 0.3) is 5.70 Å².